The molecule has 0 radical (unpaired) electrons. The minimum atomic E-state index is 0. The van der Waals surface area contributed by atoms with Crippen LogP contribution in [0.15, 0.2) is 29.3 Å². The third kappa shape index (κ3) is 7.40. The van der Waals surface area contributed by atoms with Crippen molar-refractivity contribution in [3.05, 3.63) is 29.8 Å². The van der Waals surface area contributed by atoms with Crippen molar-refractivity contribution in [2.24, 2.45) is 4.99 Å². The monoisotopic (exact) mass is 460 g/mol. The largest absolute Gasteiger partial charge is 0.378 e. The maximum absolute atomic E-state index is 5.41. The fraction of sp³-hybridized carbons (Fsp3) is 0.632. The van der Waals surface area contributed by atoms with Gasteiger partial charge in [0.1, 0.15) is 0 Å². The maximum atomic E-state index is 5.41. The van der Waals surface area contributed by atoms with E-state index in [0.717, 1.165) is 45.4 Å². The number of rotatable bonds is 7. The molecule has 1 aliphatic heterocycles. The first-order chi connectivity index (χ1) is 11.7. The molecule has 0 unspecified atom stereocenters. The SMILES string of the molecule is CCCCN(C)C(=NCc1ccc(N2CCOCC2)cc1)NCC.I. The summed E-state index contributed by atoms with van der Waals surface area (Å²) in [5.41, 5.74) is 2.52. The van der Waals surface area contributed by atoms with Gasteiger partial charge in [-0.15, -0.1) is 24.0 Å². The molecule has 25 heavy (non-hydrogen) atoms. The summed E-state index contributed by atoms with van der Waals surface area (Å²) in [6.07, 6.45) is 2.39. The lowest BCUT2D eigenvalue weighted by molar-refractivity contribution is 0.122. The molecular formula is C19H33IN4O. The van der Waals surface area contributed by atoms with E-state index in [9.17, 15) is 0 Å². The first-order valence-electron chi connectivity index (χ1n) is 9.15. The molecule has 1 aliphatic rings. The van der Waals surface area contributed by atoms with Gasteiger partial charge in [-0.2, -0.15) is 0 Å². The van der Waals surface area contributed by atoms with Gasteiger partial charge in [0.25, 0.3) is 0 Å². The van der Waals surface area contributed by atoms with E-state index in [1.54, 1.807) is 0 Å². The van der Waals surface area contributed by atoms with Crippen molar-refractivity contribution in [2.45, 2.75) is 33.2 Å². The number of halogens is 1. The van der Waals surface area contributed by atoms with Crippen molar-refractivity contribution in [1.82, 2.24) is 10.2 Å². The van der Waals surface area contributed by atoms with E-state index < -0.39 is 0 Å². The van der Waals surface area contributed by atoms with Crippen molar-refractivity contribution >= 4 is 35.6 Å². The molecule has 1 heterocycles. The Balaban J connectivity index is 0.00000312. The number of nitrogens with zero attached hydrogens (tertiary/aromatic N) is 3. The molecule has 0 aliphatic carbocycles. The highest BCUT2D eigenvalue weighted by Crippen LogP contribution is 2.17. The average Bonchev–Trinajstić information content (AvgIpc) is 2.64. The van der Waals surface area contributed by atoms with Crippen LogP contribution < -0.4 is 10.2 Å². The molecule has 0 bridgehead atoms. The Morgan fingerprint density at radius 1 is 1.20 bits per heavy atom. The number of unbranched alkanes of at least 4 members (excludes halogenated alkanes) is 1. The van der Waals surface area contributed by atoms with Crippen LogP contribution in [0, 0.1) is 0 Å². The number of ether oxygens (including phenoxy) is 1. The number of aliphatic imine (C=N–C) groups is 1. The van der Waals surface area contributed by atoms with Crippen LogP contribution in [0.4, 0.5) is 5.69 Å². The zero-order valence-corrected chi connectivity index (χ0v) is 18.2. The summed E-state index contributed by atoms with van der Waals surface area (Å²) in [6.45, 7) is 10.6. The van der Waals surface area contributed by atoms with Crippen LogP contribution in [0.2, 0.25) is 0 Å². The topological polar surface area (TPSA) is 40.1 Å². The van der Waals surface area contributed by atoms with E-state index >= 15 is 0 Å². The van der Waals surface area contributed by atoms with Gasteiger partial charge in [-0.3, -0.25) is 0 Å². The molecule has 2 rings (SSSR count). The number of guanidine groups is 1. The number of hydrogen-bond donors (Lipinski definition) is 1. The lowest BCUT2D eigenvalue weighted by Gasteiger charge is -2.28. The van der Waals surface area contributed by atoms with E-state index in [-0.39, 0.29) is 24.0 Å². The van der Waals surface area contributed by atoms with Crippen LogP contribution in [0.1, 0.15) is 32.3 Å². The highest BCUT2D eigenvalue weighted by molar-refractivity contribution is 14.0. The van der Waals surface area contributed by atoms with Gasteiger partial charge >= 0.3 is 0 Å². The Hall–Kier alpha value is -1.02. The second kappa shape index (κ2) is 12.4. The van der Waals surface area contributed by atoms with Crippen LogP contribution in [-0.2, 0) is 11.3 Å². The van der Waals surface area contributed by atoms with Gasteiger partial charge in [0.15, 0.2) is 5.96 Å². The number of benzene rings is 1. The van der Waals surface area contributed by atoms with Crippen LogP contribution in [-0.4, -0.2) is 57.3 Å². The van der Waals surface area contributed by atoms with E-state index in [1.165, 1.54) is 24.1 Å². The van der Waals surface area contributed by atoms with Gasteiger partial charge in [-0.05, 0) is 31.0 Å². The summed E-state index contributed by atoms with van der Waals surface area (Å²) in [4.78, 5) is 9.37. The average molecular weight is 460 g/mol. The van der Waals surface area contributed by atoms with Crippen molar-refractivity contribution < 1.29 is 4.74 Å². The van der Waals surface area contributed by atoms with E-state index in [2.05, 4.69) is 60.3 Å². The van der Waals surface area contributed by atoms with Crippen LogP contribution >= 0.6 is 24.0 Å². The lowest BCUT2D eigenvalue weighted by atomic mass is 10.2. The predicted octanol–water partition coefficient (Wildman–Crippen LogP) is 3.34. The van der Waals surface area contributed by atoms with Gasteiger partial charge in [-0.25, -0.2) is 4.99 Å². The minimum absolute atomic E-state index is 0. The molecule has 1 aromatic carbocycles. The molecule has 0 atom stereocenters. The van der Waals surface area contributed by atoms with E-state index in [0.29, 0.717) is 6.54 Å². The molecule has 0 spiro atoms. The Morgan fingerprint density at radius 3 is 2.48 bits per heavy atom. The summed E-state index contributed by atoms with van der Waals surface area (Å²) in [5.74, 6) is 0.989. The molecule has 0 aromatic heterocycles. The fourth-order valence-electron chi connectivity index (χ4n) is 2.77. The second-order valence-corrected chi connectivity index (χ2v) is 6.21. The highest BCUT2D eigenvalue weighted by Gasteiger charge is 2.10. The van der Waals surface area contributed by atoms with Crippen molar-refractivity contribution in [2.75, 3.05) is 51.3 Å². The number of hydrogen-bond acceptors (Lipinski definition) is 3. The van der Waals surface area contributed by atoms with Gasteiger partial charge in [-0.1, -0.05) is 25.5 Å². The zero-order chi connectivity index (χ0) is 17.2. The number of nitrogens with one attached hydrogen (secondary N) is 1. The first kappa shape index (κ1) is 22.0. The third-order valence-corrected chi connectivity index (χ3v) is 4.27. The lowest BCUT2D eigenvalue weighted by Crippen LogP contribution is -2.39. The molecule has 1 fully saturated rings. The number of morpholine rings is 1. The van der Waals surface area contributed by atoms with Crippen molar-refractivity contribution in [3.8, 4) is 0 Å². The summed E-state index contributed by atoms with van der Waals surface area (Å²) in [6, 6.07) is 8.77. The maximum Gasteiger partial charge on any atom is 0.193 e. The normalized spacial score (nSPS) is 14.8. The predicted molar refractivity (Wildman–Crippen MR) is 117 cm³/mol. The van der Waals surface area contributed by atoms with Gasteiger partial charge in [0.05, 0.1) is 19.8 Å². The molecular weight excluding hydrogens is 427 g/mol. The quantitative estimate of drug-likeness (QED) is 0.385. The molecule has 1 aromatic rings. The zero-order valence-electron chi connectivity index (χ0n) is 15.8. The first-order valence-corrected chi connectivity index (χ1v) is 9.15. The van der Waals surface area contributed by atoms with Crippen molar-refractivity contribution in [3.63, 3.8) is 0 Å². The van der Waals surface area contributed by atoms with Gasteiger partial charge in [0.2, 0.25) is 0 Å². The summed E-state index contributed by atoms with van der Waals surface area (Å²) >= 11 is 0. The molecule has 142 valence electrons. The molecule has 0 saturated carbocycles. The summed E-state index contributed by atoms with van der Waals surface area (Å²) < 4.78 is 5.41. The highest BCUT2D eigenvalue weighted by atomic mass is 127. The smallest absolute Gasteiger partial charge is 0.193 e. The standard InChI is InChI=1S/C19H32N4O.HI/c1-4-6-11-22(3)19(20-5-2)21-16-17-7-9-18(10-8-17)23-12-14-24-15-13-23;/h7-10H,4-6,11-16H2,1-3H3,(H,20,21);1H. The van der Waals surface area contributed by atoms with Crippen LogP contribution in [0.25, 0.3) is 0 Å². The molecule has 1 N–H and O–H groups in total. The molecule has 0 amide bonds. The molecule has 6 heteroatoms. The Bertz CT molecular complexity index is 501. The van der Waals surface area contributed by atoms with Gasteiger partial charge < -0.3 is 19.9 Å². The Labute approximate surface area is 169 Å². The second-order valence-electron chi connectivity index (χ2n) is 6.21. The summed E-state index contributed by atoms with van der Waals surface area (Å²) in [7, 11) is 2.11. The van der Waals surface area contributed by atoms with E-state index in [1.807, 2.05) is 0 Å². The fourth-order valence-corrected chi connectivity index (χ4v) is 2.77. The Morgan fingerprint density at radius 2 is 1.88 bits per heavy atom. The molecule has 5 nitrogen and oxygen atoms in total. The Kier molecular flexibility index (Phi) is 10.9. The van der Waals surface area contributed by atoms with E-state index in [4.69, 9.17) is 9.73 Å². The summed E-state index contributed by atoms with van der Waals surface area (Å²) in [5, 5.41) is 3.38. The van der Waals surface area contributed by atoms with Crippen LogP contribution in [0.5, 0.6) is 0 Å². The van der Waals surface area contributed by atoms with Crippen LogP contribution in [0.3, 0.4) is 0 Å². The number of anilines is 1. The molecule has 1 saturated heterocycles. The van der Waals surface area contributed by atoms with Crippen molar-refractivity contribution in [1.29, 1.82) is 0 Å². The minimum Gasteiger partial charge on any atom is -0.378 e. The third-order valence-electron chi connectivity index (χ3n) is 4.27. The van der Waals surface area contributed by atoms with Gasteiger partial charge in [0, 0.05) is 38.9 Å².